The molecule has 0 saturated carbocycles. The molecule has 3 aromatic carbocycles. The molecule has 0 bridgehead atoms. The van der Waals surface area contributed by atoms with Gasteiger partial charge in [-0.3, -0.25) is 9.36 Å². The third-order valence-corrected chi connectivity index (χ3v) is 8.91. The Morgan fingerprint density at radius 2 is 1.67 bits per heavy atom. The lowest BCUT2D eigenvalue weighted by Crippen LogP contribution is -2.36. The van der Waals surface area contributed by atoms with Crippen LogP contribution < -0.4 is 24.4 Å². The van der Waals surface area contributed by atoms with Gasteiger partial charge in [-0.25, -0.2) is 9.38 Å². The van der Waals surface area contributed by atoms with E-state index in [0.29, 0.717) is 64.8 Å². The number of rotatable bonds is 6. The van der Waals surface area contributed by atoms with Crippen LogP contribution in [0.15, 0.2) is 80.9 Å². The van der Waals surface area contributed by atoms with E-state index in [4.69, 9.17) is 65.3 Å². The molecular formula is C31H19Cl4FN2O4S. The topological polar surface area (TPSA) is 66.0 Å². The largest absolute Gasteiger partial charge is 0.493 e. The van der Waals surface area contributed by atoms with Gasteiger partial charge in [0, 0.05) is 22.2 Å². The molecular weight excluding hydrogens is 657 g/mol. The number of allylic oxidation sites excluding steroid dienone is 1. The van der Waals surface area contributed by atoms with Crippen molar-refractivity contribution in [3.63, 3.8) is 0 Å². The van der Waals surface area contributed by atoms with Crippen LogP contribution in [0, 0.1) is 5.82 Å². The molecule has 1 aliphatic heterocycles. The van der Waals surface area contributed by atoms with Crippen molar-refractivity contribution in [1.82, 2.24) is 4.57 Å². The second-order valence-electron chi connectivity index (χ2n) is 9.36. The number of fused-ring (bicyclic) bond motifs is 1. The molecule has 218 valence electrons. The van der Waals surface area contributed by atoms with Gasteiger partial charge >= 0.3 is 0 Å². The van der Waals surface area contributed by atoms with Gasteiger partial charge in [-0.1, -0.05) is 63.8 Å². The van der Waals surface area contributed by atoms with Gasteiger partial charge in [-0.2, -0.15) is 0 Å². The predicted molar refractivity (Wildman–Crippen MR) is 169 cm³/mol. The van der Waals surface area contributed by atoms with Crippen molar-refractivity contribution in [2.75, 3.05) is 14.2 Å². The highest BCUT2D eigenvalue weighted by Gasteiger charge is 2.25. The van der Waals surface area contributed by atoms with E-state index in [9.17, 15) is 9.18 Å². The number of methoxy groups -OCH3 is 2. The highest BCUT2D eigenvalue weighted by Crippen LogP contribution is 2.36. The number of ether oxygens (including phenoxy) is 2. The zero-order valence-electron chi connectivity index (χ0n) is 22.3. The summed E-state index contributed by atoms with van der Waals surface area (Å²) in [4.78, 5) is 19.0. The van der Waals surface area contributed by atoms with Crippen molar-refractivity contribution in [2.24, 2.45) is 4.99 Å². The summed E-state index contributed by atoms with van der Waals surface area (Å²) in [5.41, 5.74) is 1.79. The van der Waals surface area contributed by atoms with Gasteiger partial charge in [-0.05, 0) is 66.2 Å². The maximum Gasteiger partial charge on any atom is 0.271 e. The lowest BCUT2D eigenvalue weighted by atomic mass is 10.0. The van der Waals surface area contributed by atoms with Gasteiger partial charge in [-0.15, -0.1) is 0 Å². The van der Waals surface area contributed by atoms with Gasteiger partial charge in [0.2, 0.25) is 0 Å². The summed E-state index contributed by atoms with van der Waals surface area (Å²) in [5, 5.41) is 1.06. The Balaban J connectivity index is 1.52. The van der Waals surface area contributed by atoms with E-state index in [1.54, 1.807) is 59.2 Å². The lowest BCUT2D eigenvalue weighted by molar-refractivity contribution is 0.354. The van der Waals surface area contributed by atoms with Crippen molar-refractivity contribution >= 4 is 69.5 Å². The predicted octanol–water partition coefficient (Wildman–Crippen LogP) is 8.03. The van der Waals surface area contributed by atoms with Crippen molar-refractivity contribution in [2.45, 2.75) is 6.04 Å². The second-order valence-corrected chi connectivity index (χ2v) is 12.0. The highest BCUT2D eigenvalue weighted by molar-refractivity contribution is 7.07. The molecule has 6 nitrogen and oxygen atoms in total. The summed E-state index contributed by atoms with van der Waals surface area (Å²) in [6, 6.07) is 15.9. The Bertz CT molecular complexity index is 2120. The maximum absolute atomic E-state index is 14.5. The fourth-order valence-electron chi connectivity index (χ4n) is 4.72. The summed E-state index contributed by atoms with van der Waals surface area (Å²) in [5.74, 6) is 1.33. The van der Waals surface area contributed by atoms with E-state index in [0.717, 1.165) is 11.3 Å². The molecule has 1 unspecified atom stereocenters. The van der Waals surface area contributed by atoms with Crippen LogP contribution in [0.2, 0.25) is 20.1 Å². The van der Waals surface area contributed by atoms with Gasteiger partial charge in [0.15, 0.2) is 16.3 Å². The zero-order valence-corrected chi connectivity index (χ0v) is 26.2. The fourth-order valence-corrected chi connectivity index (χ4v) is 6.70. The van der Waals surface area contributed by atoms with Crippen LogP contribution in [0.4, 0.5) is 4.39 Å². The first kappa shape index (κ1) is 29.5. The van der Waals surface area contributed by atoms with Crippen LogP contribution in [0.1, 0.15) is 22.9 Å². The molecule has 0 N–H and O–H groups in total. The third kappa shape index (κ3) is 5.61. The number of hydrogen-bond acceptors (Lipinski definition) is 6. The van der Waals surface area contributed by atoms with Gasteiger partial charge < -0.3 is 13.9 Å². The molecule has 0 fully saturated rings. The van der Waals surface area contributed by atoms with Crippen molar-refractivity contribution in [1.29, 1.82) is 0 Å². The molecule has 0 spiro atoms. The van der Waals surface area contributed by atoms with E-state index < -0.39 is 11.9 Å². The number of furan rings is 1. The molecule has 2 aromatic heterocycles. The van der Waals surface area contributed by atoms with Crippen molar-refractivity contribution in [3.8, 4) is 22.8 Å². The van der Waals surface area contributed by atoms with E-state index in [1.165, 1.54) is 26.4 Å². The Morgan fingerprint density at radius 1 is 0.907 bits per heavy atom. The van der Waals surface area contributed by atoms with E-state index in [1.807, 2.05) is 6.07 Å². The molecule has 1 atom stereocenters. The number of benzene rings is 3. The second kappa shape index (κ2) is 11.9. The summed E-state index contributed by atoms with van der Waals surface area (Å²) in [7, 11) is 3.07. The monoisotopic (exact) mass is 674 g/mol. The van der Waals surface area contributed by atoms with E-state index in [2.05, 4.69) is 0 Å². The van der Waals surface area contributed by atoms with Crippen LogP contribution in [0.3, 0.4) is 0 Å². The molecule has 0 amide bonds. The molecule has 5 aromatic rings. The smallest absolute Gasteiger partial charge is 0.271 e. The Kier molecular flexibility index (Phi) is 8.15. The number of nitrogens with zero attached hydrogens (tertiary/aromatic N) is 2. The molecule has 0 saturated heterocycles. The first-order chi connectivity index (χ1) is 20.7. The molecule has 43 heavy (non-hydrogen) atoms. The average Bonchev–Trinajstić information content (AvgIpc) is 3.58. The maximum atomic E-state index is 14.5. The van der Waals surface area contributed by atoms with E-state index >= 15 is 0 Å². The van der Waals surface area contributed by atoms with Gasteiger partial charge in [0.1, 0.15) is 17.3 Å². The minimum atomic E-state index is -0.641. The molecule has 3 heterocycles. The standard InChI is InChI=1S/C31H19Cl4FN2O4S/c1-40-27-7-3-15(9-28(27)41-2)25-14-24(19-12-23(36)22(35)13-21(19)34)37-31-38(25)30(39)29(43-31)11-17-5-8-26(42-17)18-6-4-16(32)10-20(18)33/h3-14,25H,1-2H3/b29-11-. The molecule has 0 radical (unpaired) electrons. The molecule has 0 aliphatic carbocycles. The highest BCUT2D eigenvalue weighted by atomic mass is 35.5. The van der Waals surface area contributed by atoms with Crippen LogP contribution in [-0.2, 0) is 0 Å². The Labute approximate surface area is 268 Å². The lowest BCUT2D eigenvalue weighted by Gasteiger charge is -2.21. The number of aromatic nitrogens is 1. The number of thiazole rings is 1. The van der Waals surface area contributed by atoms with Crippen LogP contribution in [0.25, 0.3) is 23.1 Å². The van der Waals surface area contributed by atoms with E-state index in [-0.39, 0.29) is 15.6 Å². The summed E-state index contributed by atoms with van der Waals surface area (Å²) < 4.78 is 33.4. The quantitative estimate of drug-likeness (QED) is 0.171. The summed E-state index contributed by atoms with van der Waals surface area (Å²) in [6.07, 6.45) is 3.38. The van der Waals surface area contributed by atoms with Gasteiger partial charge in [0.25, 0.3) is 5.56 Å². The third-order valence-electron chi connectivity index (χ3n) is 6.78. The average molecular weight is 676 g/mol. The number of hydrogen-bond donors (Lipinski definition) is 0. The Morgan fingerprint density at radius 3 is 2.42 bits per heavy atom. The van der Waals surface area contributed by atoms with Crippen molar-refractivity contribution < 1.29 is 18.3 Å². The molecule has 1 aliphatic rings. The summed E-state index contributed by atoms with van der Waals surface area (Å²) >= 11 is 26.0. The first-order valence-corrected chi connectivity index (χ1v) is 15.0. The molecule has 12 heteroatoms. The number of halogens is 5. The fraction of sp³-hybridized carbons (Fsp3) is 0.0968. The zero-order chi connectivity index (χ0) is 30.4. The minimum Gasteiger partial charge on any atom is -0.493 e. The molecule has 6 rings (SSSR count). The van der Waals surface area contributed by atoms with Crippen LogP contribution >= 0.6 is 57.7 Å². The normalized spacial score (nSPS) is 14.7. The van der Waals surface area contributed by atoms with Crippen LogP contribution in [-0.4, -0.2) is 18.8 Å². The minimum absolute atomic E-state index is 0.107. The Hall–Kier alpha value is -3.53. The van der Waals surface area contributed by atoms with Crippen molar-refractivity contribution in [3.05, 3.63) is 129 Å². The summed E-state index contributed by atoms with van der Waals surface area (Å²) in [6.45, 7) is 0. The first-order valence-electron chi connectivity index (χ1n) is 12.6. The van der Waals surface area contributed by atoms with Crippen LogP contribution in [0.5, 0.6) is 11.5 Å². The SMILES string of the molecule is COc1ccc(C2C=C(c3cc(F)c(Cl)cc3Cl)N=c3s/c(=C\c4ccc(-c5ccc(Cl)cc5Cl)o4)c(=O)n32)cc1OC. The van der Waals surface area contributed by atoms with Gasteiger partial charge in [0.05, 0.1) is 45.6 Å².